The maximum Gasteiger partial charge on any atom is 0.336 e. The lowest BCUT2D eigenvalue weighted by Gasteiger charge is -2.55. The number of fused-ring (bicyclic) bond motifs is 3. The molecule has 2 saturated heterocycles. The summed E-state index contributed by atoms with van der Waals surface area (Å²) in [6.45, 7) is 2.49. The number of carboxylic acid groups (broad SMARTS) is 1. The fraction of sp³-hybridized carbons (Fsp3) is 0.393. The number of thiazole rings is 1. The summed E-state index contributed by atoms with van der Waals surface area (Å²) in [5.41, 5.74) is 4.50. The maximum atomic E-state index is 11.6. The predicted molar refractivity (Wildman–Crippen MR) is 150 cm³/mol. The second-order valence-corrected chi connectivity index (χ2v) is 12.5. The number of rotatable bonds is 7. The van der Waals surface area contributed by atoms with Gasteiger partial charge in [-0.2, -0.15) is 0 Å². The van der Waals surface area contributed by atoms with E-state index in [0.717, 1.165) is 75.6 Å². The van der Waals surface area contributed by atoms with E-state index < -0.39 is 5.97 Å². The van der Waals surface area contributed by atoms with Crippen molar-refractivity contribution < 1.29 is 14.4 Å². The van der Waals surface area contributed by atoms with Crippen LogP contribution in [0.5, 0.6) is 0 Å². The normalized spacial score (nSPS) is 22.6. The van der Waals surface area contributed by atoms with Gasteiger partial charge in [-0.05, 0) is 68.9 Å². The molecule has 4 fully saturated rings. The number of carboxylic acids is 1. The van der Waals surface area contributed by atoms with Gasteiger partial charge in [-0.15, -0.1) is 0 Å². The Morgan fingerprint density at radius 3 is 2.61 bits per heavy atom. The van der Waals surface area contributed by atoms with Crippen LogP contribution in [0, 0.1) is 6.92 Å². The van der Waals surface area contributed by atoms with E-state index in [1.165, 1.54) is 0 Å². The van der Waals surface area contributed by atoms with Crippen LogP contribution < -0.4 is 10.2 Å². The molecule has 196 valence electrons. The van der Waals surface area contributed by atoms with E-state index in [1.807, 2.05) is 31.2 Å². The molecule has 2 N–H and O–H groups in total. The molecular formula is C28H26Cl2N4O3S. The van der Waals surface area contributed by atoms with Crippen molar-refractivity contribution in [3.05, 3.63) is 62.8 Å². The van der Waals surface area contributed by atoms with Gasteiger partial charge in [0, 0.05) is 41.7 Å². The predicted octanol–water partition coefficient (Wildman–Crippen LogP) is 7.04. The Morgan fingerprint density at radius 1 is 1.18 bits per heavy atom. The number of hydrogen-bond donors (Lipinski definition) is 2. The Kier molecular flexibility index (Phi) is 5.92. The van der Waals surface area contributed by atoms with Crippen molar-refractivity contribution in [3.63, 3.8) is 0 Å². The van der Waals surface area contributed by atoms with Crippen molar-refractivity contribution in [1.82, 2.24) is 15.5 Å². The van der Waals surface area contributed by atoms with Crippen molar-refractivity contribution in [2.24, 2.45) is 0 Å². The first-order valence-electron chi connectivity index (χ1n) is 13.0. The summed E-state index contributed by atoms with van der Waals surface area (Å²) in [5.74, 6) is 0.483. The lowest BCUT2D eigenvalue weighted by molar-refractivity contribution is 0.0696. The van der Waals surface area contributed by atoms with Crippen LogP contribution in [0.1, 0.15) is 65.3 Å². The van der Waals surface area contributed by atoms with Crippen molar-refractivity contribution >= 4 is 55.9 Å². The highest BCUT2D eigenvalue weighted by atomic mass is 35.5. The summed E-state index contributed by atoms with van der Waals surface area (Å²) < 4.78 is 6.75. The molecule has 2 saturated carbocycles. The smallest absolute Gasteiger partial charge is 0.336 e. The molecule has 2 unspecified atom stereocenters. The van der Waals surface area contributed by atoms with Crippen LogP contribution in [-0.4, -0.2) is 39.3 Å². The van der Waals surface area contributed by atoms with Crippen LogP contribution >= 0.6 is 34.5 Å². The Bertz CT molecular complexity index is 1550. The molecule has 0 radical (unpaired) electrons. The summed E-state index contributed by atoms with van der Waals surface area (Å²) in [5, 5.41) is 19.8. The molecule has 8 rings (SSSR count). The van der Waals surface area contributed by atoms with Gasteiger partial charge in [-0.25, -0.2) is 9.78 Å². The number of aryl methyl sites for hydroxylation is 1. The number of nitrogens with one attached hydrogen (secondary N) is 1. The molecular weight excluding hydrogens is 543 g/mol. The Hall–Kier alpha value is -2.65. The molecule has 2 bridgehead atoms. The molecule has 0 amide bonds. The molecule has 4 aromatic rings. The molecule has 4 heterocycles. The topological polar surface area (TPSA) is 91.5 Å². The Morgan fingerprint density at radius 2 is 1.92 bits per heavy atom. The standard InChI is InChI=1S/C28H26Cl2N4O3S/c1-13-7-22-23(11-18(13)27(35)36)38-28(32-22)34-16-8-15(9-17(34)10-16)31-12-19-25(33-37-26(19)14-5-6-14)24-20(29)3-2-4-21(24)30/h2-4,7,11,14-17,31H,5-6,8-10,12H2,1H3,(H,35,36). The Labute approximate surface area is 233 Å². The van der Waals surface area contributed by atoms with E-state index in [1.54, 1.807) is 17.4 Å². The first-order valence-corrected chi connectivity index (χ1v) is 14.5. The summed E-state index contributed by atoms with van der Waals surface area (Å²) in [6, 6.07) is 10.4. The van der Waals surface area contributed by atoms with Gasteiger partial charge in [-0.1, -0.05) is 45.8 Å². The lowest BCUT2D eigenvalue weighted by atomic mass is 9.77. The quantitative estimate of drug-likeness (QED) is 0.247. The van der Waals surface area contributed by atoms with Crippen LogP contribution in [0.15, 0.2) is 34.9 Å². The van der Waals surface area contributed by atoms with Gasteiger partial charge in [0.05, 0.1) is 25.8 Å². The molecule has 2 aliphatic heterocycles. The number of nitrogens with zero attached hydrogens (tertiary/aromatic N) is 3. The van der Waals surface area contributed by atoms with Crippen molar-refractivity contribution in [2.45, 2.75) is 69.6 Å². The van der Waals surface area contributed by atoms with Crippen LogP contribution in [0.3, 0.4) is 0 Å². The van der Waals surface area contributed by atoms with Gasteiger partial charge in [0.15, 0.2) is 5.13 Å². The van der Waals surface area contributed by atoms with Gasteiger partial charge >= 0.3 is 5.97 Å². The zero-order chi connectivity index (χ0) is 26.1. The van der Waals surface area contributed by atoms with Crippen molar-refractivity contribution in [2.75, 3.05) is 4.90 Å². The first-order chi connectivity index (χ1) is 18.4. The molecule has 4 aliphatic rings. The number of benzene rings is 2. The van der Waals surface area contributed by atoms with Gasteiger partial charge in [-0.3, -0.25) is 0 Å². The summed E-state index contributed by atoms with van der Waals surface area (Å²) >= 11 is 14.6. The molecule has 2 aromatic carbocycles. The van der Waals surface area contributed by atoms with E-state index in [2.05, 4.69) is 15.4 Å². The highest BCUT2D eigenvalue weighted by Gasteiger charge is 2.46. The van der Waals surface area contributed by atoms with Gasteiger partial charge in [0.2, 0.25) is 0 Å². The average molecular weight is 570 g/mol. The fourth-order valence-electron chi connectivity index (χ4n) is 6.09. The van der Waals surface area contributed by atoms with Crippen LogP contribution in [0.4, 0.5) is 5.13 Å². The zero-order valence-electron chi connectivity index (χ0n) is 20.7. The number of piperidine rings is 1. The lowest BCUT2D eigenvalue weighted by Crippen LogP contribution is -2.64. The molecule has 2 aromatic heterocycles. The van der Waals surface area contributed by atoms with E-state index in [4.69, 9.17) is 32.7 Å². The molecule has 10 heteroatoms. The van der Waals surface area contributed by atoms with Gasteiger partial charge < -0.3 is 19.8 Å². The van der Waals surface area contributed by atoms with Gasteiger partial charge in [0.1, 0.15) is 11.5 Å². The number of carbonyl (C=O) groups is 1. The summed E-state index contributed by atoms with van der Waals surface area (Å²) in [6.07, 6.45) is 5.46. The molecule has 2 atom stereocenters. The van der Waals surface area contributed by atoms with E-state index >= 15 is 0 Å². The summed E-state index contributed by atoms with van der Waals surface area (Å²) in [7, 11) is 0. The minimum absolute atomic E-state index is 0.345. The molecule has 0 spiro atoms. The highest BCUT2D eigenvalue weighted by Crippen LogP contribution is 2.47. The molecule has 2 aliphatic carbocycles. The molecule has 7 nitrogen and oxygen atoms in total. The fourth-order valence-corrected chi connectivity index (χ4v) is 7.79. The molecule has 38 heavy (non-hydrogen) atoms. The second kappa shape index (κ2) is 9.23. The number of aromatic nitrogens is 2. The third-order valence-electron chi connectivity index (χ3n) is 8.15. The van der Waals surface area contributed by atoms with E-state index in [-0.39, 0.29) is 0 Å². The average Bonchev–Trinajstić information content (AvgIpc) is 3.52. The first kappa shape index (κ1) is 24.4. The highest BCUT2D eigenvalue weighted by molar-refractivity contribution is 7.22. The maximum absolute atomic E-state index is 11.6. The SMILES string of the molecule is Cc1cc2nc(N3C4CC(NCc5c(-c6c(Cl)cccc6Cl)noc5C5CC5)CC3C4)sc2cc1C(=O)O. The third-order valence-corrected chi connectivity index (χ3v) is 9.81. The van der Waals surface area contributed by atoms with Crippen molar-refractivity contribution in [1.29, 1.82) is 0 Å². The second-order valence-electron chi connectivity index (χ2n) is 10.7. The summed E-state index contributed by atoms with van der Waals surface area (Å²) in [4.78, 5) is 18.9. The zero-order valence-corrected chi connectivity index (χ0v) is 23.0. The minimum atomic E-state index is -0.897. The van der Waals surface area contributed by atoms with Crippen LogP contribution in [-0.2, 0) is 6.54 Å². The minimum Gasteiger partial charge on any atom is -0.478 e. The number of anilines is 1. The monoisotopic (exact) mass is 568 g/mol. The third kappa shape index (κ3) is 4.09. The van der Waals surface area contributed by atoms with Crippen molar-refractivity contribution in [3.8, 4) is 11.3 Å². The number of aromatic carboxylic acids is 1. The largest absolute Gasteiger partial charge is 0.478 e. The van der Waals surface area contributed by atoms with Gasteiger partial charge in [0.25, 0.3) is 0 Å². The number of hydrogen-bond acceptors (Lipinski definition) is 7. The van der Waals surface area contributed by atoms with E-state index in [9.17, 15) is 9.90 Å². The van der Waals surface area contributed by atoms with E-state index in [0.29, 0.717) is 46.2 Å². The number of halogens is 2. The van der Waals surface area contributed by atoms with Crippen LogP contribution in [0.2, 0.25) is 10.0 Å². The van der Waals surface area contributed by atoms with Crippen LogP contribution in [0.25, 0.3) is 21.5 Å². The Balaban J connectivity index is 1.08.